The first-order chi connectivity index (χ1) is 15.4. The second-order valence-electron chi connectivity index (χ2n) is 8.13. The van der Waals surface area contributed by atoms with Crippen molar-refractivity contribution < 1.29 is 14.4 Å². The van der Waals surface area contributed by atoms with Gasteiger partial charge in [0.15, 0.2) is 5.54 Å². The summed E-state index contributed by atoms with van der Waals surface area (Å²) >= 11 is 0. The Labute approximate surface area is 187 Å². The van der Waals surface area contributed by atoms with E-state index in [0.717, 1.165) is 10.5 Å². The summed E-state index contributed by atoms with van der Waals surface area (Å²) in [5.74, 6) is -0.604. The van der Waals surface area contributed by atoms with Crippen molar-refractivity contribution in [2.24, 2.45) is 0 Å². The van der Waals surface area contributed by atoms with Crippen LogP contribution in [-0.2, 0) is 15.1 Å². The van der Waals surface area contributed by atoms with E-state index in [1.54, 1.807) is 30.3 Å². The highest BCUT2D eigenvalue weighted by Crippen LogP contribution is 2.35. The molecular formula is C26H25N3O3. The number of nitrogens with one attached hydrogen (secondary N) is 2. The number of nitrogens with zero attached hydrogens (tertiary/aromatic N) is 1. The van der Waals surface area contributed by atoms with Crippen LogP contribution in [0.5, 0.6) is 0 Å². The van der Waals surface area contributed by atoms with Crippen LogP contribution in [0.3, 0.4) is 0 Å². The molecule has 162 valence electrons. The van der Waals surface area contributed by atoms with E-state index >= 15 is 0 Å². The highest BCUT2D eigenvalue weighted by molar-refractivity contribution is 6.12. The van der Waals surface area contributed by atoms with E-state index < -0.39 is 23.4 Å². The number of carbonyl (C=O) groups is 3. The summed E-state index contributed by atoms with van der Waals surface area (Å²) in [6, 6.07) is 25.1. The van der Waals surface area contributed by atoms with Crippen LogP contribution in [0.2, 0.25) is 0 Å². The molecule has 0 atom stereocenters. The molecule has 6 nitrogen and oxygen atoms in total. The van der Waals surface area contributed by atoms with Crippen molar-refractivity contribution in [1.82, 2.24) is 10.2 Å². The van der Waals surface area contributed by atoms with Gasteiger partial charge in [0.25, 0.3) is 5.91 Å². The summed E-state index contributed by atoms with van der Waals surface area (Å²) in [4.78, 5) is 40.2. The summed E-state index contributed by atoms with van der Waals surface area (Å²) < 4.78 is 0. The molecule has 0 spiro atoms. The summed E-state index contributed by atoms with van der Waals surface area (Å²) in [6.07, 6.45) is 0. The zero-order valence-corrected chi connectivity index (χ0v) is 18.0. The van der Waals surface area contributed by atoms with E-state index in [-0.39, 0.29) is 6.54 Å². The number of amides is 4. The molecule has 0 bridgehead atoms. The van der Waals surface area contributed by atoms with Crippen molar-refractivity contribution in [3.8, 4) is 0 Å². The Morgan fingerprint density at radius 2 is 1.50 bits per heavy atom. The standard InChI is InChI=1S/C26H25N3O3/c1-18(2)19-10-9-15-22(16-19)27-23(30)17-29-24(31)26(28-25(29)32,20-11-5-3-6-12-20)21-13-7-4-8-14-21/h3-16,18H,17H2,1-2H3,(H,27,30)(H,28,32). The Balaban J connectivity index is 1.61. The number of carbonyl (C=O) groups excluding carboxylic acids is 3. The third kappa shape index (κ3) is 3.87. The maximum Gasteiger partial charge on any atom is 0.326 e. The molecule has 0 unspecified atom stereocenters. The number of rotatable bonds is 6. The molecule has 1 heterocycles. The molecule has 3 aromatic rings. The zero-order valence-electron chi connectivity index (χ0n) is 18.0. The van der Waals surface area contributed by atoms with Crippen LogP contribution in [0.1, 0.15) is 36.5 Å². The van der Waals surface area contributed by atoms with Crippen molar-refractivity contribution in [2.45, 2.75) is 25.3 Å². The monoisotopic (exact) mass is 427 g/mol. The van der Waals surface area contributed by atoms with Gasteiger partial charge >= 0.3 is 6.03 Å². The van der Waals surface area contributed by atoms with Crippen molar-refractivity contribution in [3.63, 3.8) is 0 Å². The molecule has 4 rings (SSSR count). The van der Waals surface area contributed by atoms with Gasteiger partial charge in [0.2, 0.25) is 5.91 Å². The molecule has 4 amide bonds. The first kappa shape index (κ1) is 21.3. The number of anilines is 1. The summed E-state index contributed by atoms with van der Waals surface area (Å²) in [7, 11) is 0. The minimum atomic E-state index is -1.38. The first-order valence-electron chi connectivity index (χ1n) is 10.6. The molecule has 3 aromatic carbocycles. The van der Waals surface area contributed by atoms with Gasteiger partial charge in [0, 0.05) is 5.69 Å². The number of hydrogen-bond donors (Lipinski definition) is 2. The van der Waals surface area contributed by atoms with Crippen LogP contribution in [0, 0.1) is 0 Å². The van der Waals surface area contributed by atoms with Crippen molar-refractivity contribution >= 4 is 23.5 Å². The fraction of sp³-hybridized carbons (Fsp3) is 0.192. The lowest BCUT2D eigenvalue weighted by molar-refractivity contribution is -0.133. The van der Waals surface area contributed by atoms with Crippen molar-refractivity contribution in [3.05, 3.63) is 102 Å². The molecular weight excluding hydrogens is 402 g/mol. The molecule has 2 N–H and O–H groups in total. The topological polar surface area (TPSA) is 78.5 Å². The molecule has 1 saturated heterocycles. The van der Waals surface area contributed by atoms with Crippen LogP contribution in [-0.4, -0.2) is 29.3 Å². The maximum absolute atomic E-state index is 13.6. The summed E-state index contributed by atoms with van der Waals surface area (Å²) in [5.41, 5.74) is 1.61. The van der Waals surface area contributed by atoms with E-state index in [1.165, 1.54) is 0 Å². The van der Waals surface area contributed by atoms with Gasteiger partial charge in [-0.3, -0.25) is 14.5 Å². The fourth-order valence-corrected chi connectivity index (χ4v) is 3.97. The lowest BCUT2D eigenvalue weighted by Gasteiger charge is -2.28. The zero-order chi connectivity index (χ0) is 22.7. The fourth-order valence-electron chi connectivity index (χ4n) is 3.97. The van der Waals surface area contributed by atoms with Crippen molar-refractivity contribution in [1.29, 1.82) is 0 Å². The van der Waals surface area contributed by atoms with Gasteiger partial charge in [-0.2, -0.15) is 0 Å². The first-order valence-corrected chi connectivity index (χ1v) is 10.6. The van der Waals surface area contributed by atoms with E-state index in [4.69, 9.17) is 0 Å². The molecule has 0 radical (unpaired) electrons. The molecule has 1 aliphatic rings. The Bertz CT molecular complexity index is 1100. The number of urea groups is 1. The third-order valence-electron chi connectivity index (χ3n) is 5.66. The van der Waals surface area contributed by atoms with E-state index in [0.29, 0.717) is 22.7 Å². The molecule has 0 saturated carbocycles. The summed E-state index contributed by atoms with van der Waals surface area (Å²) in [6.45, 7) is 3.76. The Morgan fingerprint density at radius 1 is 0.906 bits per heavy atom. The minimum Gasteiger partial charge on any atom is -0.325 e. The smallest absolute Gasteiger partial charge is 0.325 e. The van der Waals surface area contributed by atoms with E-state index in [9.17, 15) is 14.4 Å². The molecule has 6 heteroatoms. The SMILES string of the molecule is CC(C)c1cccc(NC(=O)CN2C(=O)NC(c3ccccc3)(c3ccccc3)C2=O)c1. The van der Waals surface area contributed by atoms with Gasteiger partial charge < -0.3 is 10.6 Å². The second-order valence-corrected chi connectivity index (χ2v) is 8.13. The maximum atomic E-state index is 13.6. The molecule has 0 aromatic heterocycles. The lowest BCUT2D eigenvalue weighted by atomic mass is 9.82. The Hall–Kier alpha value is -3.93. The average Bonchev–Trinajstić information content (AvgIpc) is 3.06. The van der Waals surface area contributed by atoms with Crippen LogP contribution >= 0.6 is 0 Å². The second kappa shape index (κ2) is 8.67. The van der Waals surface area contributed by atoms with Gasteiger partial charge in [-0.05, 0) is 34.7 Å². The Kier molecular flexibility index (Phi) is 5.77. The van der Waals surface area contributed by atoms with Crippen LogP contribution in [0.15, 0.2) is 84.9 Å². The van der Waals surface area contributed by atoms with Gasteiger partial charge in [-0.15, -0.1) is 0 Å². The predicted octanol–water partition coefficient (Wildman–Crippen LogP) is 4.24. The van der Waals surface area contributed by atoms with Gasteiger partial charge in [-0.1, -0.05) is 86.6 Å². The number of hydrogen-bond acceptors (Lipinski definition) is 3. The third-order valence-corrected chi connectivity index (χ3v) is 5.66. The van der Waals surface area contributed by atoms with E-state index in [2.05, 4.69) is 24.5 Å². The van der Waals surface area contributed by atoms with Crippen LogP contribution in [0.4, 0.5) is 10.5 Å². The molecule has 0 aliphatic carbocycles. The Morgan fingerprint density at radius 3 is 2.06 bits per heavy atom. The average molecular weight is 428 g/mol. The van der Waals surface area contributed by atoms with Crippen LogP contribution < -0.4 is 10.6 Å². The van der Waals surface area contributed by atoms with Gasteiger partial charge in [0.1, 0.15) is 6.54 Å². The van der Waals surface area contributed by atoms with Gasteiger partial charge in [-0.25, -0.2) is 4.79 Å². The molecule has 32 heavy (non-hydrogen) atoms. The predicted molar refractivity (Wildman–Crippen MR) is 123 cm³/mol. The molecule has 1 fully saturated rings. The normalized spacial score (nSPS) is 15.0. The van der Waals surface area contributed by atoms with Crippen molar-refractivity contribution in [2.75, 3.05) is 11.9 Å². The highest BCUT2D eigenvalue weighted by Gasteiger charge is 2.54. The minimum absolute atomic E-state index is 0.315. The van der Waals surface area contributed by atoms with Crippen LogP contribution in [0.25, 0.3) is 0 Å². The number of benzene rings is 3. The largest absolute Gasteiger partial charge is 0.326 e. The lowest BCUT2D eigenvalue weighted by Crippen LogP contribution is -2.45. The van der Waals surface area contributed by atoms with E-state index in [1.807, 2.05) is 54.6 Å². The highest BCUT2D eigenvalue weighted by atomic mass is 16.2. The number of imide groups is 1. The molecule has 1 aliphatic heterocycles. The van der Waals surface area contributed by atoms with Gasteiger partial charge in [0.05, 0.1) is 0 Å². The quantitative estimate of drug-likeness (QED) is 0.578. The summed E-state index contributed by atoms with van der Waals surface area (Å²) in [5, 5.41) is 5.65.